The van der Waals surface area contributed by atoms with Crippen molar-refractivity contribution in [3.05, 3.63) is 40.1 Å². The van der Waals surface area contributed by atoms with E-state index in [9.17, 15) is 4.79 Å². The number of nitrogens with one attached hydrogen (secondary N) is 1. The average Bonchev–Trinajstić information content (AvgIpc) is 2.68. The Hall–Kier alpha value is -1.40. The first-order valence-corrected chi connectivity index (χ1v) is 5.36. The molecule has 2 aromatic rings. The number of hydrogen-bond acceptors (Lipinski definition) is 4. The second kappa shape index (κ2) is 4.63. The highest BCUT2D eigenvalue weighted by Crippen LogP contribution is 2.15. The number of rotatable bonds is 2. The van der Waals surface area contributed by atoms with Gasteiger partial charge in [0, 0.05) is 0 Å². The van der Waals surface area contributed by atoms with E-state index in [1.165, 1.54) is 12.4 Å². The molecule has 1 N–H and O–H groups in total. The highest BCUT2D eigenvalue weighted by Gasteiger charge is 2.11. The largest absolute Gasteiger partial charge is 0.444 e. The number of amides is 1. The van der Waals surface area contributed by atoms with E-state index < -0.39 is 5.91 Å². The SMILES string of the molecule is O=C(Nc1cnc(Cl)cn1)c1ccc(Br)o1. The fourth-order valence-electron chi connectivity index (χ4n) is 0.991. The van der Waals surface area contributed by atoms with Crippen molar-refractivity contribution in [3.8, 4) is 0 Å². The average molecular weight is 303 g/mol. The van der Waals surface area contributed by atoms with Crippen LogP contribution in [0.5, 0.6) is 0 Å². The lowest BCUT2D eigenvalue weighted by Gasteiger charge is -2.00. The Morgan fingerprint density at radius 1 is 1.38 bits per heavy atom. The lowest BCUT2D eigenvalue weighted by atomic mass is 10.4. The minimum absolute atomic E-state index is 0.184. The van der Waals surface area contributed by atoms with Crippen LogP contribution in [0.25, 0.3) is 0 Å². The van der Waals surface area contributed by atoms with Crippen LogP contribution < -0.4 is 5.32 Å². The molecule has 2 rings (SSSR count). The van der Waals surface area contributed by atoms with Crippen molar-refractivity contribution in [1.29, 1.82) is 0 Å². The summed E-state index contributed by atoms with van der Waals surface area (Å²) in [4.78, 5) is 19.2. The molecule has 0 saturated heterocycles. The van der Waals surface area contributed by atoms with Gasteiger partial charge >= 0.3 is 0 Å². The Balaban J connectivity index is 2.10. The van der Waals surface area contributed by atoms with Gasteiger partial charge in [0.1, 0.15) is 5.15 Å². The summed E-state index contributed by atoms with van der Waals surface area (Å²) in [6.07, 6.45) is 2.70. The van der Waals surface area contributed by atoms with Gasteiger partial charge in [0.15, 0.2) is 16.2 Å². The second-order valence-electron chi connectivity index (χ2n) is 2.78. The zero-order valence-electron chi connectivity index (χ0n) is 7.78. The van der Waals surface area contributed by atoms with Crippen molar-refractivity contribution < 1.29 is 9.21 Å². The Labute approximate surface area is 104 Å². The lowest BCUT2D eigenvalue weighted by Crippen LogP contribution is -2.12. The Bertz CT molecular complexity index is 512. The standard InChI is InChI=1S/C9H5BrClN3O2/c10-6-2-1-5(16-6)9(15)14-8-4-12-7(11)3-13-8/h1-4H,(H,13,14,15). The molecular weight excluding hydrogens is 297 g/mol. The lowest BCUT2D eigenvalue weighted by molar-refractivity contribution is 0.0995. The first-order chi connectivity index (χ1) is 7.65. The van der Waals surface area contributed by atoms with E-state index in [0.717, 1.165) is 0 Å². The summed E-state index contributed by atoms with van der Waals surface area (Å²) in [6.45, 7) is 0. The molecule has 2 aromatic heterocycles. The van der Waals surface area contributed by atoms with E-state index in [1.807, 2.05) is 0 Å². The van der Waals surface area contributed by atoms with E-state index in [0.29, 0.717) is 10.5 Å². The van der Waals surface area contributed by atoms with Gasteiger partial charge in [-0.05, 0) is 28.1 Å². The summed E-state index contributed by atoms with van der Waals surface area (Å²) < 4.78 is 5.56. The van der Waals surface area contributed by atoms with Crippen LogP contribution >= 0.6 is 27.5 Å². The van der Waals surface area contributed by atoms with Crippen LogP contribution in [0.15, 0.2) is 33.6 Å². The van der Waals surface area contributed by atoms with Crippen molar-refractivity contribution in [1.82, 2.24) is 9.97 Å². The molecule has 7 heteroatoms. The number of furan rings is 1. The summed E-state index contributed by atoms with van der Waals surface area (Å²) in [6, 6.07) is 3.17. The van der Waals surface area contributed by atoms with E-state index in [2.05, 4.69) is 31.2 Å². The predicted molar refractivity (Wildman–Crippen MR) is 61.4 cm³/mol. The zero-order valence-corrected chi connectivity index (χ0v) is 10.1. The molecule has 16 heavy (non-hydrogen) atoms. The van der Waals surface area contributed by atoms with Crippen LogP contribution in [0, 0.1) is 0 Å². The molecule has 82 valence electrons. The van der Waals surface area contributed by atoms with Crippen LogP contribution in [-0.2, 0) is 0 Å². The van der Waals surface area contributed by atoms with E-state index in [1.54, 1.807) is 12.1 Å². The van der Waals surface area contributed by atoms with Crippen LogP contribution in [0.3, 0.4) is 0 Å². The summed E-state index contributed by atoms with van der Waals surface area (Å²) in [5, 5.41) is 2.78. The van der Waals surface area contributed by atoms with Crippen LogP contribution in [-0.4, -0.2) is 15.9 Å². The minimum Gasteiger partial charge on any atom is -0.444 e. The minimum atomic E-state index is -0.401. The van der Waals surface area contributed by atoms with Gasteiger partial charge in [-0.15, -0.1) is 0 Å². The maximum Gasteiger partial charge on any atom is 0.292 e. The van der Waals surface area contributed by atoms with Gasteiger partial charge in [0.2, 0.25) is 0 Å². The molecule has 0 aromatic carbocycles. The van der Waals surface area contributed by atoms with Gasteiger partial charge in [-0.25, -0.2) is 9.97 Å². The highest BCUT2D eigenvalue weighted by atomic mass is 79.9. The molecule has 2 heterocycles. The summed E-state index contributed by atoms with van der Waals surface area (Å²) in [5.74, 6) is 0.0906. The number of carbonyl (C=O) groups is 1. The van der Waals surface area contributed by atoms with Gasteiger partial charge in [-0.1, -0.05) is 11.6 Å². The molecular formula is C9H5BrClN3O2. The van der Waals surface area contributed by atoms with Gasteiger partial charge < -0.3 is 9.73 Å². The first-order valence-electron chi connectivity index (χ1n) is 4.19. The van der Waals surface area contributed by atoms with Gasteiger partial charge in [-0.2, -0.15) is 0 Å². The third-order valence-electron chi connectivity index (χ3n) is 1.66. The molecule has 0 saturated carbocycles. The fraction of sp³-hybridized carbons (Fsp3) is 0. The van der Waals surface area contributed by atoms with Crippen molar-refractivity contribution in [2.45, 2.75) is 0 Å². The Kier molecular flexibility index (Phi) is 3.21. The topological polar surface area (TPSA) is 68.0 Å². The van der Waals surface area contributed by atoms with Crippen LogP contribution in [0.1, 0.15) is 10.6 Å². The van der Waals surface area contributed by atoms with E-state index >= 15 is 0 Å². The molecule has 0 radical (unpaired) electrons. The number of carbonyl (C=O) groups excluding carboxylic acids is 1. The number of hydrogen-bond donors (Lipinski definition) is 1. The highest BCUT2D eigenvalue weighted by molar-refractivity contribution is 9.10. The molecule has 0 aliphatic rings. The molecule has 0 aliphatic heterocycles. The van der Waals surface area contributed by atoms with Crippen molar-refractivity contribution in [2.24, 2.45) is 0 Å². The molecule has 0 atom stereocenters. The van der Waals surface area contributed by atoms with Crippen LogP contribution in [0.2, 0.25) is 5.15 Å². The maximum absolute atomic E-state index is 11.6. The molecule has 0 unspecified atom stereocenters. The van der Waals surface area contributed by atoms with Crippen molar-refractivity contribution in [3.63, 3.8) is 0 Å². The molecule has 0 spiro atoms. The Morgan fingerprint density at radius 3 is 2.75 bits per heavy atom. The molecule has 0 aliphatic carbocycles. The third kappa shape index (κ3) is 2.59. The molecule has 0 fully saturated rings. The zero-order chi connectivity index (χ0) is 11.5. The van der Waals surface area contributed by atoms with E-state index in [4.69, 9.17) is 16.0 Å². The first kappa shape index (κ1) is 11.1. The van der Waals surface area contributed by atoms with Gasteiger partial charge in [0.05, 0.1) is 12.4 Å². The number of nitrogens with zero attached hydrogens (tertiary/aromatic N) is 2. The summed E-state index contributed by atoms with van der Waals surface area (Å²) in [7, 11) is 0. The molecule has 1 amide bonds. The predicted octanol–water partition coefficient (Wildman–Crippen LogP) is 2.74. The quantitative estimate of drug-likeness (QED) is 0.926. The summed E-state index contributed by atoms with van der Waals surface area (Å²) >= 11 is 8.66. The monoisotopic (exact) mass is 301 g/mol. The van der Waals surface area contributed by atoms with E-state index in [-0.39, 0.29) is 10.9 Å². The number of anilines is 1. The smallest absolute Gasteiger partial charge is 0.292 e. The van der Waals surface area contributed by atoms with Crippen LogP contribution in [0.4, 0.5) is 5.82 Å². The van der Waals surface area contributed by atoms with Gasteiger partial charge in [-0.3, -0.25) is 4.79 Å². The molecule has 0 bridgehead atoms. The third-order valence-corrected chi connectivity index (χ3v) is 2.28. The van der Waals surface area contributed by atoms with Crippen molar-refractivity contribution in [2.75, 3.05) is 5.32 Å². The van der Waals surface area contributed by atoms with Gasteiger partial charge in [0.25, 0.3) is 5.91 Å². The number of aromatic nitrogens is 2. The molecule has 5 nitrogen and oxygen atoms in total. The number of halogens is 2. The second-order valence-corrected chi connectivity index (χ2v) is 3.95. The van der Waals surface area contributed by atoms with Crippen molar-refractivity contribution >= 4 is 39.3 Å². The normalized spacial score (nSPS) is 10.1. The fourth-order valence-corrected chi connectivity index (χ4v) is 1.40. The summed E-state index contributed by atoms with van der Waals surface area (Å²) in [5.41, 5.74) is 0. The Morgan fingerprint density at radius 2 is 2.19 bits per heavy atom. The maximum atomic E-state index is 11.6.